The van der Waals surface area contributed by atoms with E-state index in [1.165, 1.54) is 12.8 Å². The Hall–Kier alpha value is -2.93. The number of nitrogens with zero attached hydrogens (tertiary/aromatic N) is 3. The van der Waals surface area contributed by atoms with Gasteiger partial charge in [-0.3, -0.25) is 14.6 Å². The quantitative estimate of drug-likeness (QED) is 0.832. The van der Waals surface area contributed by atoms with Gasteiger partial charge in [0.15, 0.2) is 0 Å². The average molecular weight is 394 g/mol. The van der Waals surface area contributed by atoms with Gasteiger partial charge in [-0.05, 0) is 56.0 Å². The summed E-state index contributed by atoms with van der Waals surface area (Å²) in [6.07, 6.45) is 4.87. The third-order valence-corrected chi connectivity index (χ3v) is 5.57. The van der Waals surface area contributed by atoms with Gasteiger partial charge in [-0.1, -0.05) is 6.07 Å². The Bertz CT molecular complexity index is 887. The first-order valence-electron chi connectivity index (χ1n) is 10.2. The Labute approximate surface area is 170 Å². The van der Waals surface area contributed by atoms with Crippen LogP contribution >= 0.6 is 0 Å². The normalized spacial score (nSPS) is 17.4. The van der Waals surface area contributed by atoms with Gasteiger partial charge < -0.3 is 20.2 Å². The fourth-order valence-electron chi connectivity index (χ4n) is 3.89. The second kappa shape index (κ2) is 8.61. The molecule has 2 amide bonds. The number of hydrogen-bond acceptors (Lipinski definition) is 5. The Morgan fingerprint density at radius 3 is 2.55 bits per heavy atom. The Kier molecular flexibility index (Phi) is 5.76. The Morgan fingerprint density at radius 2 is 1.79 bits per heavy atom. The lowest BCUT2D eigenvalue weighted by Crippen LogP contribution is -2.40. The van der Waals surface area contributed by atoms with Gasteiger partial charge in [-0.25, -0.2) is 0 Å². The minimum atomic E-state index is -0.325. The maximum atomic E-state index is 12.7. The number of nitrogens with one attached hydrogen (secondary N) is 1. The lowest BCUT2D eigenvalue weighted by Gasteiger charge is -2.29. The number of aromatic nitrogens is 1. The number of pyridine rings is 1. The molecular formula is C22H26N4O3. The summed E-state index contributed by atoms with van der Waals surface area (Å²) in [5.41, 5.74) is 2.46. The van der Waals surface area contributed by atoms with Crippen LogP contribution in [0.2, 0.25) is 0 Å². The fourth-order valence-corrected chi connectivity index (χ4v) is 3.89. The SMILES string of the molecule is O=C(Nc1cccc(C(=O)N2CCC(O)CC2)c1)c1cc(N2CCCC2)ccn1. The van der Waals surface area contributed by atoms with Crippen molar-refractivity contribution in [1.29, 1.82) is 0 Å². The van der Waals surface area contributed by atoms with Gasteiger partial charge in [0.1, 0.15) is 5.69 Å². The van der Waals surface area contributed by atoms with Crippen LogP contribution < -0.4 is 10.2 Å². The molecule has 7 nitrogen and oxygen atoms in total. The molecule has 29 heavy (non-hydrogen) atoms. The molecule has 4 rings (SSSR count). The number of amides is 2. The van der Waals surface area contributed by atoms with Crippen LogP contribution in [0.5, 0.6) is 0 Å². The van der Waals surface area contributed by atoms with Gasteiger partial charge >= 0.3 is 0 Å². The van der Waals surface area contributed by atoms with Crippen molar-refractivity contribution in [3.63, 3.8) is 0 Å². The molecule has 2 saturated heterocycles. The summed E-state index contributed by atoms with van der Waals surface area (Å²) in [5, 5.41) is 12.5. The van der Waals surface area contributed by atoms with Gasteiger partial charge in [0.2, 0.25) is 0 Å². The second-order valence-corrected chi connectivity index (χ2v) is 7.65. The number of benzene rings is 1. The van der Waals surface area contributed by atoms with E-state index in [0.717, 1.165) is 18.8 Å². The zero-order valence-electron chi connectivity index (χ0n) is 16.4. The predicted octanol–water partition coefficient (Wildman–Crippen LogP) is 2.53. The molecule has 152 valence electrons. The van der Waals surface area contributed by atoms with Crippen molar-refractivity contribution in [3.8, 4) is 0 Å². The summed E-state index contributed by atoms with van der Waals surface area (Å²) < 4.78 is 0. The predicted molar refractivity (Wildman–Crippen MR) is 111 cm³/mol. The van der Waals surface area contributed by atoms with Crippen LogP contribution in [0.25, 0.3) is 0 Å². The van der Waals surface area contributed by atoms with E-state index in [4.69, 9.17) is 0 Å². The zero-order chi connectivity index (χ0) is 20.2. The largest absolute Gasteiger partial charge is 0.393 e. The number of aliphatic hydroxyl groups is 1. The molecule has 0 unspecified atom stereocenters. The standard InChI is InChI=1S/C22H26N4O3/c27-19-7-12-26(13-8-19)22(29)16-4-3-5-17(14-16)24-21(28)20-15-18(6-9-23-20)25-10-1-2-11-25/h3-6,9,14-15,19,27H,1-2,7-8,10-13H2,(H,24,28). The molecule has 0 radical (unpaired) electrons. The minimum Gasteiger partial charge on any atom is -0.393 e. The number of hydrogen-bond donors (Lipinski definition) is 2. The van der Waals surface area contributed by atoms with Crippen LogP contribution in [-0.4, -0.2) is 59.1 Å². The molecule has 2 fully saturated rings. The summed E-state index contributed by atoms with van der Waals surface area (Å²) in [6.45, 7) is 3.10. The molecular weight excluding hydrogens is 368 g/mol. The molecule has 0 spiro atoms. The first kappa shape index (κ1) is 19.4. The number of aliphatic hydroxyl groups excluding tert-OH is 1. The number of carbonyl (C=O) groups excluding carboxylic acids is 2. The summed E-state index contributed by atoms with van der Waals surface area (Å²) in [4.78, 5) is 33.6. The van der Waals surface area contributed by atoms with Crippen molar-refractivity contribution in [3.05, 3.63) is 53.9 Å². The van der Waals surface area contributed by atoms with E-state index in [-0.39, 0.29) is 17.9 Å². The van der Waals surface area contributed by atoms with Crippen molar-refractivity contribution in [2.75, 3.05) is 36.4 Å². The van der Waals surface area contributed by atoms with Gasteiger partial charge in [0.25, 0.3) is 11.8 Å². The summed E-state index contributed by atoms with van der Waals surface area (Å²) in [6, 6.07) is 10.7. The molecule has 2 aromatic rings. The topological polar surface area (TPSA) is 85.8 Å². The number of piperidine rings is 1. The molecule has 2 aliphatic rings. The Balaban J connectivity index is 1.44. The van der Waals surface area contributed by atoms with Crippen LogP contribution in [0.15, 0.2) is 42.6 Å². The molecule has 0 atom stereocenters. The second-order valence-electron chi connectivity index (χ2n) is 7.65. The highest BCUT2D eigenvalue weighted by Gasteiger charge is 2.22. The maximum absolute atomic E-state index is 12.7. The first-order chi connectivity index (χ1) is 14.1. The van der Waals surface area contributed by atoms with Gasteiger partial charge in [0.05, 0.1) is 6.10 Å². The molecule has 7 heteroatoms. The molecule has 0 aliphatic carbocycles. The van der Waals surface area contributed by atoms with E-state index < -0.39 is 0 Å². The number of rotatable bonds is 4. The van der Waals surface area contributed by atoms with Gasteiger partial charge in [-0.15, -0.1) is 0 Å². The first-order valence-corrected chi connectivity index (χ1v) is 10.2. The van der Waals surface area contributed by atoms with Crippen LogP contribution in [0.1, 0.15) is 46.5 Å². The number of carbonyl (C=O) groups is 2. The fraction of sp³-hybridized carbons (Fsp3) is 0.409. The molecule has 1 aromatic heterocycles. The monoisotopic (exact) mass is 394 g/mol. The van der Waals surface area contributed by atoms with Crippen molar-refractivity contribution in [1.82, 2.24) is 9.88 Å². The van der Waals surface area contributed by atoms with E-state index in [9.17, 15) is 14.7 Å². The smallest absolute Gasteiger partial charge is 0.274 e. The van der Waals surface area contributed by atoms with E-state index in [1.807, 2.05) is 12.1 Å². The number of likely N-dealkylation sites (tertiary alicyclic amines) is 1. The van der Waals surface area contributed by atoms with E-state index in [0.29, 0.717) is 42.9 Å². The third-order valence-electron chi connectivity index (χ3n) is 5.57. The lowest BCUT2D eigenvalue weighted by molar-refractivity contribution is 0.0546. The number of anilines is 2. The molecule has 0 saturated carbocycles. The lowest BCUT2D eigenvalue weighted by atomic mass is 10.1. The van der Waals surface area contributed by atoms with Crippen LogP contribution in [0.4, 0.5) is 11.4 Å². The molecule has 1 aromatic carbocycles. The van der Waals surface area contributed by atoms with Crippen LogP contribution in [-0.2, 0) is 0 Å². The summed E-state index contributed by atoms with van der Waals surface area (Å²) >= 11 is 0. The molecule has 0 bridgehead atoms. The van der Waals surface area contributed by atoms with Crippen molar-refractivity contribution < 1.29 is 14.7 Å². The van der Waals surface area contributed by atoms with E-state index >= 15 is 0 Å². The molecule has 2 N–H and O–H groups in total. The van der Waals surface area contributed by atoms with Crippen molar-refractivity contribution in [2.45, 2.75) is 31.8 Å². The van der Waals surface area contributed by atoms with Gasteiger partial charge in [-0.2, -0.15) is 0 Å². The van der Waals surface area contributed by atoms with Crippen molar-refractivity contribution in [2.24, 2.45) is 0 Å². The molecule has 3 heterocycles. The third kappa shape index (κ3) is 4.56. The van der Waals surface area contributed by atoms with Crippen molar-refractivity contribution >= 4 is 23.2 Å². The highest BCUT2D eigenvalue weighted by atomic mass is 16.3. The van der Waals surface area contributed by atoms with Gasteiger partial charge in [0, 0.05) is 49.3 Å². The highest BCUT2D eigenvalue weighted by molar-refractivity contribution is 6.04. The van der Waals surface area contributed by atoms with E-state index in [1.54, 1.807) is 35.4 Å². The Morgan fingerprint density at radius 1 is 1.03 bits per heavy atom. The minimum absolute atomic E-state index is 0.0813. The van der Waals surface area contributed by atoms with E-state index in [2.05, 4.69) is 15.2 Å². The van der Waals surface area contributed by atoms with Crippen LogP contribution in [0, 0.1) is 0 Å². The highest BCUT2D eigenvalue weighted by Crippen LogP contribution is 2.21. The maximum Gasteiger partial charge on any atom is 0.274 e. The molecule has 2 aliphatic heterocycles. The average Bonchev–Trinajstić information content (AvgIpc) is 3.29. The summed E-state index contributed by atoms with van der Waals surface area (Å²) in [5.74, 6) is -0.376. The zero-order valence-corrected chi connectivity index (χ0v) is 16.4. The summed E-state index contributed by atoms with van der Waals surface area (Å²) in [7, 11) is 0. The van der Waals surface area contributed by atoms with Crippen LogP contribution in [0.3, 0.4) is 0 Å².